The minimum atomic E-state index is -0.657. The van der Waals surface area contributed by atoms with Crippen LogP contribution in [0.15, 0.2) is 18.2 Å². The molecule has 18 heavy (non-hydrogen) atoms. The van der Waals surface area contributed by atoms with E-state index in [-0.39, 0.29) is 22.7 Å². The summed E-state index contributed by atoms with van der Waals surface area (Å²) < 4.78 is 26.9. The highest BCUT2D eigenvalue weighted by Crippen LogP contribution is 2.19. The maximum absolute atomic E-state index is 13.4. The number of nitrogens with zero attached hydrogens (tertiary/aromatic N) is 1. The van der Waals surface area contributed by atoms with Crippen LogP contribution in [-0.4, -0.2) is 28.7 Å². The first kappa shape index (κ1) is 13.5. The molecule has 0 N–H and O–H groups in total. The number of carbonyl (C=O) groups excluding carboxylic acids is 1. The van der Waals surface area contributed by atoms with Gasteiger partial charge in [-0.2, -0.15) is 0 Å². The fourth-order valence-electron chi connectivity index (χ4n) is 2.12. The summed E-state index contributed by atoms with van der Waals surface area (Å²) in [6.45, 7) is 1.27. The molecule has 0 saturated carbocycles. The Morgan fingerprint density at radius 1 is 1.39 bits per heavy atom. The third-order valence-corrected chi connectivity index (χ3v) is 3.85. The molecule has 2 nitrogen and oxygen atoms in total. The van der Waals surface area contributed by atoms with Gasteiger partial charge in [-0.25, -0.2) is 8.78 Å². The molecule has 5 heteroatoms. The van der Waals surface area contributed by atoms with Crippen LogP contribution in [0.25, 0.3) is 0 Å². The lowest BCUT2D eigenvalue weighted by atomic mass is 10.1. The van der Waals surface area contributed by atoms with E-state index in [0.717, 1.165) is 12.8 Å². The van der Waals surface area contributed by atoms with E-state index in [1.165, 1.54) is 18.2 Å². The molecule has 1 aromatic rings. The van der Waals surface area contributed by atoms with E-state index in [0.29, 0.717) is 13.1 Å². The van der Waals surface area contributed by atoms with Crippen molar-refractivity contribution < 1.29 is 13.6 Å². The number of likely N-dealkylation sites (tertiary alicyclic amines) is 1. The van der Waals surface area contributed by atoms with Crippen molar-refractivity contribution in [2.75, 3.05) is 13.1 Å². The maximum atomic E-state index is 13.4. The van der Waals surface area contributed by atoms with Crippen molar-refractivity contribution in [2.45, 2.75) is 24.1 Å². The quantitative estimate of drug-likeness (QED) is 0.768. The molecule has 0 aliphatic carbocycles. The second-order valence-corrected chi connectivity index (χ2v) is 5.75. The molecule has 1 heterocycles. The molecule has 98 valence electrons. The zero-order valence-corrected chi connectivity index (χ0v) is 11.4. The lowest BCUT2D eigenvalue weighted by Gasteiger charge is -2.30. The van der Waals surface area contributed by atoms with Gasteiger partial charge in [0.15, 0.2) is 0 Å². The fourth-order valence-corrected chi connectivity index (χ4v) is 2.79. The summed E-state index contributed by atoms with van der Waals surface area (Å²) in [5, 5.41) is 0. The molecule has 1 amide bonds. The highest BCUT2D eigenvalue weighted by molar-refractivity contribution is 9.09. The summed E-state index contributed by atoms with van der Waals surface area (Å²) in [5.41, 5.74) is -0.140. The van der Waals surface area contributed by atoms with Crippen molar-refractivity contribution in [3.8, 4) is 0 Å². The van der Waals surface area contributed by atoms with Gasteiger partial charge in [0.25, 0.3) is 0 Å². The second-order valence-electron chi connectivity index (χ2n) is 4.46. The van der Waals surface area contributed by atoms with Gasteiger partial charge < -0.3 is 4.90 Å². The minimum absolute atomic E-state index is 0.140. The molecule has 2 rings (SSSR count). The van der Waals surface area contributed by atoms with E-state index in [2.05, 4.69) is 15.9 Å². The van der Waals surface area contributed by atoms with Crippen LogP contribution in [0.1, 0.15) is 18.4 Å². The molecule has 1 fully saturated rings. The molecule has 1 saturated heterocycles. The van der Waals surface area contributed by atoms with Gasteiger partial charge in [0.1, 0.15) is 11.6 Å². The first-order valence-corrected chi connectivity index (χ1v) is 6.84. The first-order valence-electron chi connectivity index (χ1n) is 5.92. The molecule has 1 unspecified atom stereocenters. The molecule has 0 bridgehead atoms. The predicted molar refractivity (Wildman–Crippen MR) is 68.6 cm³/mol. The van der Waals surface area contributed by atoms with Crippen molar-refractivity contribution >= 4 is 21.8 Å². The molecule has 0 radical (unpaired) electrons. The summed E-state index contributed by atoms with van der Waals surface area (Å²) in [6.07, 6.45) is 1.73. The van der Waals surface area contributed by atoms with Gasteiger partial charge in [-0.15, -0.1) is 0 Å². The van der Waals surface area contributed by atoms with E-state index in [9.17, 15) is 13.6 Å². The third kappa shape index (κ3) is 3.07. The largest absolute Gasteiger partial charge is 0.341 e. The lowest BCUT2D eigenvalue weighted by Crippen LogP contribution is -2.41. The zero-order valence-electron chi connectivity index (χ0n) is 9.83. The van der Waals surface area contributed by atoms with Crippen molar-refractivity contribution in [3.63, 3.8) is 0 Å². The van der Waals surface area contributed by atoms with Gasteiger partial charge >= 0.3 is 0 Å². The number of hydrogen-bond acceptors (Lipinski definition) is 1. The van der Waals surface area contributed by atoms with Crippen LogP contribution in [0.2, 0.25) is 0 Å². The summed E-state index contributed by atoms with van der Waals surface area (Å²) in [6, 6.07) is 3.65. The van der Waals surface area contributed by atoms with E-state index in [1.807, 2.05) is 0 Å². The number of halogens is 3. The Hall–Kier alpha value is -0.970. The number of rotatable bonds is 2. The van der Waals surface area contributed by atoms with Gasteiger partial charge in [0.2, 0.25) is 5.91 Å². The van der Waals surface area contributed by atoms with Gasteiger partial charge in [-0.05, 0) is 25.0 Å². The topological polar surface area (TPSA) is 20.3 Å². The van der Waals surface area contributed by atoms with Crippen molar-refractivity contribution in [1.29, 1.82) is 0 Å². The summed E-state index contributed by atoms with van der Waals surface area (Å²) in [5.74, 6) is -1.53. The lowest BCUT2D eigenvalue weighted by molar-refractivity contribution is -0.131. The SMILES string of the molecule is O=C(Cc1c(F)cccc1F)N1CCCC(Br)C1. The van der Waals surface area contributed by atoms with Crippen LogP contribution < -0.4 is 0 Å². The molecule has 1 aliphatic heterocycles. The van der Waals surface area contributed by atoms with Gasteiger partial charge in [0.05, 0.1) is 6.42 Å². The molecule has 1 aromatic carbocycles. The summed E-state index contributed by atoms with van der Waals surface area (Å²) >= 11 is 3.47. The second kappa shape index (κ2) is 5.78. The smallest absolute Gasteiger partial charge is 0.227 e. The molecular formula is C13H14BrF2NO. The van der Waals surface area contributed by atoms with Gasteiger partial charge in [0, 0.05) is 23.5 Å². The summed E-state index contributed by atoms with van der Waals surface area (Å²) in [4.78, 5) is 13.9. The van der Waals surface area contributed by atoms with E-state index < -0.39 is 11.6 Å². The standard InChI is InChI=1S/C13H14BrF2NO/c14-9-3-2-6-17(8-9)13(18)7-10-11(15)4-1-5-12(10)16/h1,4-5,9H,2-3,6-8H2. The number of amides is 1. The van der Waals surface area contributed by atoms with Crippen LogP contribution in [0.4, 0.5) is 8.78 Å². The normalized spacial score (nSPS) is 19.9. The Kier molecular flexibility index (Phi) is 4.32. The minimum Gasteiger partial charge on any atom is -0.341 e. The van der Waals surface area contributed by atoms with Crippen LogP contribution in [0.5, 0.6) is 0 Å². The highest BCUT2D eigenvalue weighted by Gasteiger charge is 2.23. The van der Waals surface area contributed by atoms with Crippen molar-refractivity contribution in [2.24, 2.45) is 0 Å². The number of piperidine rings is 1. The van der Waals surface area contributed by atoms with Crippen LogP contribution in [0, 0.1) is 11.6 Å². The maximum Gasteiger partial charge on any atom is 0.227 e. The molecule has 1 atom stereocenters. The highest BCUT2D eigenvalue weighted by atomic mass is 79.9. The molecule has 0 spiro atoms. The Balaban J connectivity index is 2.07. The average molecular weight is 318 g/mol. The van der Waals surface area contributed by atoms with Crippen molar-refractivity contribution in [1.82, 2.24) is 4.90 Å². The van der Waals surface area contributed by atoms with Crippen LogP contribution in [-0.2, 0) is 11.2 Å². The van der Waals surface area contributed by atoms with Gasteiger partial charge in [-0.3, -0.25) is 4.79 Å². The zero-order chi connectivity index (χ0) is 13.1. The van der Waals surface area contributed by atoms with E-state index >= 15 is 0 Å². The van der Waals surface area contributed by atoms with Crippen LogP contribution >= 0.6 is 15.9 Å². The monoisotopic (exact) mass is 317 g/mol. The fraction of sp³-hybridized carbons (Fsp3) is 0.462. The molecular weight excluding hydrogens is 304 g/mol. The van der Waals surface area contributed by atoms with E-state index in [1.54, 1.807) is 4.90 Å². The number of hydrogen-bond donors (Lipinski definition) is 0. The Bertz CT molecular complexity index is 432. The Morgan fingerprint density at radius 2 is 2.06 bits per heavy atom. The van der Waals surface area contributed by atoms with Crippen molar-refractivity contribution in [3.05, 3.63) is 35.4 Å². The number of benzene rings is 1. The Labute approximate surface area is 113 Å². The Morgan fingerprint density at radius 3 is 2.67 bits per heavy atom. The van der Waals surface area contributed by atoms with Crippen LogP contribution in [0.3, 0.4) is 0 Å². The molecule has 1 aliphatic rings. The average Bonchev–Trinajstić information content (AvgIpc) is 2.34. The van der Waals surface area contributed by atoms with E-state index in [4.69, 9.17) is 0 Å². The predicted octanol–water partition coefficient (Wildman–Crippen LogP) is 2.89. The third-order valence-electron chi connectivity index (χ3n) is 3.11. The first-order chi connectivity index (χ1) is 8.58. The molecule has 0 aromatic heterocycles. The van der Waals surface area contributed by atoms with Gasteiger partial charge in [-0.1, -0.05) is 22.0 Å². The number of carbonyl (C=O) groups is 1. The number of alkyl halides is 1. The summed E-state index contributed by atoms with van der Waals surface area (Å²) in [7, 11) is 0.